The Morgan fingerprint density at radius 2 is 1.86 bits per heavy atom. The fourth-order valence-electron chi connectivity index (χ4n) is 3.11. The smallest absolute Gasteiger partial charge is 0.123 e. The molecule has 2 aromatic rings. The third kappa shape index (κ3) is 2.71. The largest absolute Gasteiger partial charge is 0.507 e. The number of nitrogens with one attached hydrogen (secondary N) is 1. The van der Waals surface area contributed by atoms with Crippen LogP contribution in [0.25, 0.3) is 10.8 Å². The molecule has 0 aromatic heterocycles. The van der Waals surface area contributed by atoms with Crippen molar-refractivity contribution >= 4 is 10.8 Å². The van der Waals surface area contributed by atoms with E-state index in [0.29, 0.717) is 12.2 Å². The molecule has 2 aromatic carbocycles. The molecule has 2 N–H and O–H groups in total. The first-order valence-corrected chi connectivity index (χ1v) is 7.33. The molecule has 1 saturated heterocycles. The van der Waals surface area contributed by atoms with E-state index in [9.17, 15) is 10.4 Å². The van der Waals surface area contributed by atoms with Crippen molar-refractivity contribution in [2.45, 2.75) is 12.5 Å². The van der Waals surface area contributed by atoms with Gasteiger partial charge in [-0.1, -0.05) is 30.3 Å². The quantitative estimate of drug-likeness (QED) is 0.907. The van der Waals surface area contributed by atoms with Crippen LogP contribution >= 0.6 is 0 Å². The summed E-state index contributed by atoms with van der Waals surface area (Å²) in [6.07, 6.45) is 0.467. The fourth-order valence-corrected chi connectivity index (χ4v) is 3.11. The van der Waals surface area contributed by atoms with Gasteiger partial charge in [0.25, 0.3) is 0 Å². The number of nitriles is 1. The van der Waals surface area contributed by atoms with Crippen LogP contribution in [0.5, 0.6) is 5.75 Å². The van der Waals surface area contributed by atoms with Crippen molar-refractivity contribution in [2.75, 3.05) is 26.2 Å². The molecule has 1 aliphatic rings. The Labute approximate surface area is 124 Å². The summed E-state index contributed by atoms with van der Waals surface area (Å²) in [4.78, 5) is 2.36. The molecule has 1 heterocycles. The monoisotopic (exact) mass is 281 g/mol. The molecule has 0 amide bonds. The van der Waals surface area contributed by atoms with Gasteiger partial charge in [0.15, 0.2) is 0 Å². The topological polar surface area (TPSA) is 59.3 Å². The van der Waals surface area contributed by atoms with Crippen LogP contribution in [0.1, 0.15) is 18.0 Å². The van der Waals surface area contributed by atoms with E-state index in [1.54, 1.807) is 6.07 Å². The van der Waals surface area contributed by atoms with Gasteiger partial charge >= 0.3 is 0 Å². The highest BCUT2D eigenvalue weighted by Gasteiger charge is 2.23. The number of nitrogens with zero attached hydrogens (tertiary/aromatic N) is 2. The van der Waals surface area contributed by atoms with Crippen molar-refractivity contribution in [2.24, 2.45) is 0 Å². The SMILES string of the molecule is N#CC[C@@H](c1ccc(O)c2ccccc12)N1CCNCC1. The minimum absolute atomic E-state index is 0.0857. The van der Waals surface area contributed by atoms with Crippen LogP contribution in [0.4, 0.5) is 0 Å². The van der Waals surface area contributed by atoms with Crippen LogP contribution in [0, 0.1) is 11.3 Å². The average Bonchev–Trinajstić information content (AvgIpc) is 2.55. The molecule has 21 heavy (non-hydrogen) atoms. The average molecular weight is 281 g/mol. The van der Waals surface area contributed by atoms with Crippen molar-refractivity contribution in [3.63, 3.8) is 0 Å². The van der Waals surface area contributed by atoms with Gasteiger partial charge in [-0.3, -0.25) is 4.90 Å². The van der Waals surface area contributed by atoms with Gasteiger partial charge in [-0.25, -0.2) is 0 Å². The third-order valence-electron chi connectivity index (χ3n) is 4.17. The second kappa shape index (κ2) is 6.13. The van der Waals surface area contributed by atoms with Crippen LogP contribution in [0.3, 0.4) is 0 Å². The summed E-state index contributed by atoms with van der Waals surface area (Å²) in [5.74, 6) is 0.297. The maximum absolute atomic E-state index is 10.0. The number of rotatable bonds is 3. The summed E-state index contributed by atoms with van der Waals surface area (Å²) < 4.78 is 0. The standard InChI is InChI=1S/C17H19N3O/c18-8-7-16(20-11-9-19-10-12-20)14-5-6-17(21)15-4-2-1-3-13(14)15/h1-6,16,19,21H,7,9-12H2/t16-/m0/s1. The number of phenols is 1. The van der Waals surface area contributed by atoms with Crippen LogP contribution in [0.2, 0.25) is 0 Å². The molecule has 3 rings (SSSR count). The van der Waals surface area contributed by atoms with Gasteiger partial charge in [0.05, 0.1) is 12.5 Å². The van der Waals surface area contributed by atoms with E-state index in [1.807, 2.05) is 30.3 Å². The van der Waals surface area contributed by atoms with Crippen molar-refractivity contribution < 1.29 is 5.11 Å². The van der Waals surface area contributed by atoms with Crippen LogP contribution in [-0.2, 0) is 0 Å². The highest BCUT2D eigenvalue weighted by Crippen LogP contribution is 2.34. The highest BCUT2D eigenvalue weighted by atomic mass is 16.3. The molecular formula is C17H19N3O. The van der Waals surface area contributed by atoms with E-state index in [1.165, 1.54) is 0 Å². The van der Waals surface area contributed by atoms with E-state index in [2.05, 4.69) is 16.3 Å². The second-order valence-electron chi connectivity index (χ2n) is 5.38. The number of aromatic hydroxyl groups is 1. The Bertz CT molecular complexity index is 671. The second-order valence-corrected chi connectivity index (χ2v) is 5.38. The first-order chi connectivity index (χ1) is 10.3. The summed E-state index contributed by atoms with van der Waals surface area (Å²) in [5.41, 5.74) is 1.13. The zero-order valence-corrected chi connectivity index (χ0v) is 11.9. The van der Waals surface area contributed by atoms with Crippen molar-refractivity contribution in [1.82, 2.24) is 10.2 Å². The van der Waals surface area contributed by atoms with Crippen LogP contribution in [-0.4, -0.2) is 36.2 Å². The number of benzene rings is 2. The van der Waals surface area contributed by atoms with E-state index in [4.69, 9.17) is 0 Å². The van der Waals surface area contributed by atoms with E-state index in [-0.39, 0.29) is 6.04 Å². The zero-order chi connectivity index (χ0) is 14.7. The maximum Gasteiger partial charge on any atom is 0.123 e. The van der Waals surface area contributed by atoms with Gasteiger partial charge in [0.1, 0.15) is 5.75 Å². The van der Waals surface area contributed by atoms with E-state index >= 15 is 0 Å². The minimum Gasteiger partial charge on any atom is -0.507 e. The molecule has 0 spiro atoms. The summed E-state index contributed by atoms with van der Waals surface area (Å²) >= 11 is 0. The summed E-state index contributed by atoms with van der Waals surface area (Å²) in [7, 11) is 0. The number of hydrogen-bond donors (Lipinski definition) is 2. The lowest BCUT2D eigenvalue weighted by Crippen LogP contribution is -2.45. The van der Waals surface area contributed by atoms with Gasteiger partial charge < -0.3 is 10.4 Å². The van der Waals surface area contributed by atoms with Gasteiger partial charge in [0, 0.05) is 37.6 Å². The van der Waals surface area contributed by atoms with Gasteiger partial charge in [0.2, 0.25) is 0 Å². The van der Waals surface area contributed by atoms with Crippen LogP contribution in [0.15, 0.2) is 36.4 Å². The Hall–Kier alpha value is -2.09. The van der Waals surface area contributed by atoms with Gasteiger partial charge in [-0.15, -0.1) is 0 Å². The van der Waals surface area contributed by atoms with Gasteiger partial charge in [-0.2, -0.15) is 5.26 Å². The molecule has 0 aliphatic carbocycles. The third-order valence-corrected chi connectivity index (χ3v) is 4.17. The summed E-state index contributed by atoms with van der Waals surface area (Å²) in [5, 5.41) is 24.5. The van der Waals surface area contributed by atoms with Crippen molar-refractivity contribution in [3.8, 4) is 11.8 Å². The fraction of sp³-hybridized carbons (Fsp3) is 0.353. The zero-order valence-electron chi connectivity index (χ0n) is 11.9. The van der Waals surface area contributed by atoms with Gasteiger partial charge in [-0.05, 0) is 17.0 Å². The molecule has 0 radical (unpaired) electrons. The minimum atomic E-state index is 0.0857. The molecule has 4 nitrogen and oxygen atoms in total. The number of fused-ring (bicyclic) bond motifs is 1. The normalized spacial score (nSPS) is 17.5. The van der Waals surface area contributed by atoms with E-state index < -0.39 is 0 Å². The molecule has 0 saturated carbocycles. The number of hydrogen-bond acceptors (Lipinski definition) is 4. The number of phenolic OH excluding ortho intramolecular Hbond substituents is 1. The summed E-state index contributed by atoms with van der Waals surface area (Å²) in [6.45, 7) is 3.80. The van der Waals surface area contributed by atoms with E-state index in [0.717, 1.165) is 42.5 Å². The lowest BCUT2D eigenvalue weighted by atomic mass is 9.95. The summed E-state index contributed by atoms with van der Waals surface area (Å²) in [6, 6.07) is 14.0. The van der Waals surface area contributed by atoms with Crippen molar-refractivity contribution in [1.29, 1.82) is 5.26 Å². The highest BCUT2D eigenvalue weighted by molar-refractivity contribution is 5.91. The molecule has 1 aliphatic heterocycles. The molecule has 4 heteroatoms. The Morgan fingerprint density at radius 1 is 1.14 bits per heavy atom. The molecule has 1 atom stereocenters. The predicted molar refractivity (Wildman–Crippen MR) is 83.0 cm³/mol. The predicted octanol–water partition coefficient (Wildman–Crippen LogP) is 2.41. The molecular weight excluding hydrogens is 262 g/mol. The van der Waals surface area contributed by atoms with Crippen LogP contribution < -0.4 is 5.32 Å². The maximum atomic E-state index is 10.0. The first-order valence-electron chi connectivity index (χ1n) is 7.33. The lowest BCUT2D eigenvalue weighted by Gasteiger charge is -2.34. The molecule has 1 fully saturated rings. The lowest BCUT2D eigenvalue weighted by molar-refractivity contribution is 0.176. The molecule has 0 bridgehead atoms. The van der Waals surface area contributed by atoms with Crippen molar-refractivity contribution in [3.05, 3.63) is 42.0 Å². The Kier molecular flexibility index (Phi) is 4.05. The Balaban J connectivity index is 2.07. The molecule has 0 unspecified atom stereocenters. The first kappa shape index (κ1) is 13.9. The molecule has 108 valence electrons. The Morgan fingerprint density at radius 3 is 2.57 bits per heavy atom. The number of piperazine rings is 1.